The highest BCUT2D eigenvalue weighted by molar-refractivity contribution is 5.78. The van der Waals surface area contributed by atoms with Crippen molar-refractivity contribution in [3.63, 3.8) is 0 Å². The Morgan fingerprint density at radius 2 is 1.67 bits per heavy atom. The summed E-state index contributed by atoms with van der Waals surface area (Å²) < 4.78 is 5.65. The SMILES string of the molecule is CCCC1CCC(c2ccc(C(C)c3ccc4c(c3)OC(=O)C(CC)C4)cc2)CC1. The van der Waals surface area contributed by atoms with Gasteiger partial charge >= 0.3 is 5.97 Å². The molecule has 1 aliphatic carbocycles. The first-order chi connectivity index (χ1) is 14.6. The van der Waals surface area contributed by atoms with E-state index < -0.39 is 0 Å². The summed E-state index contributed by atoms with van der Waals surface area (Å²) in [6.45, 7) is 6.60. The van der Waals surface area contributed by atoms with E-state index in [0.29, 0.717) is 0 Å². The molecule has 2 atom stereocenters. The van der Waals surface area contributed by atoms with Crippen LogP contribution in [0.1, 0.15) is 99.8 Å². The van der Waals surface area contributed by atoms with Gasteiger partial charge in [0, 0.05) is 5.92 Å². The predicted molar refractivity (Wildman–Crippen MR) is 123 cm³/mol. The van der Waals surface area contributed by atoms with Crippen LogP contribution in [-0.4, -0.2) is 5.97 Å². The van der Waals surface area contributed by atoms with Gasteiger partial charge in [0.05, 0.1) is 5.92 Å². The molecule has 0 bridgehead atoms. The largest absolute Gasteiger partial charge is 0.426 e. The van der Waals surface area contributed by atoms with Crippen LogP contribution in [0, 0.1) is 11.8 Å². The molecule has 0 aromatic heterocycles. The maximum atomic E-state index is 12.2. The van der Waals surface area contributed by atoms with Gasteiger partial charge in [-0.05, 0) is 78.7 Å². The molecule has 2 aromatic rings. The van der Waals surface area contributed by atoms with E-state index in [2.05, 4.69) is 56.3 Å². The number of esters is 1. The first-order valence-corrected chi connectivity index (χ1v) is 12.0. The van der Waals surface area contributed by atoms with Gasteiger partial charge in [-0.15, -0.1) is 0 Å². The van der Waals surface area contributed by atoms with Crippen molar-refractivity contribution in [3.8, 4) is 5.75 Å². The second-order valence-electron chi connectivity index (χ2n) is 9.49. The molecule has 2 heteroatoms. The van der Waals surface area contributed by atoms with Crippen LogP contribution in [0.15, 0.2) is 42.5 Å². The van der Waals surface area contributed by atoms with Crippen molar-refractivity contribution in [3.05, 3.63) is 64.7 Å². The average Bonchev–Trinajstić information content (AvgIpc) is 2.78. The topological polar surface area (TPSA) is 26.3 Å². The molecular formula is C28H36O2. The number of ether oxygens (including phenoxy) is 1. The van der Waals surface area contributed by atoms with Gasteiger partial charge in [-0.25, -0.2) is 0 Å². The van der Waals surface area contributed by atoms with Gasteiger partial charge in [0.15, 0.2) is 0 Å². The number of hydrogen-bond acceptors (Lipinski definition) is 2. The summed E-state index contributed by atoms with van der Waals surface area (Å²) >= 11 is 0. The zero-order valence-electron chi connectivity index (χ0n) is 18.8. The fourth-order valence-electron chi connectivity index (χ4n) is 5.40. The van der Waals surface area contributed by atoms with Crippen LogP contribution in [0.3, 0.4) is 0 Å². The maximum Gasteiger partial charge on any atom is 0.314 e. The summed E-state index contributed by atoms with van der Waals surface area (Å²) in [5, 5.41) is 0. The van der Waals surface area contributed by atoms with Crippen molar-refractivity contribution in [2.24, 2.45) is 11.8 Å². The van der Waals surface area contributed by atoms with Gasteiger partial charge in [0.25, 0.3) is 0 Å². The van der Waals surface area contributed by atoms with Crippen LogP contribution >= 0.6 is 0 Å². The second-order valence-corrected chi connectivity index (χ2v) is 9.49. The standard InChI is InChI=1S/C28H36O2/c1-4-6-20-7-9-23(10-8-20)24-13-11-22(12-14-24)19(3)25-15-16-26-17-21(5-2)28(29)30-27(26)18-25/h11-16,18-21,23H,4-10,17H2,1-3H3. The van der Waals surface area contributed by atoms with E-state index in [0.717, 1.165) is 36.0 Å². The van der Waals surface area contributed by atoms with E-state index in [1.54, 1.807) is 0 Å². The van der Waals surface area contributed by atoms with Crippen LogP contribution in [0.2, 0.25) is 0 Å². The fourth-order valence-corrected chi connectivity index (χ4v) is 5.40. The van der Waals surface area contributed by atoms with Crippen LogP contribution < -0.4 is 4.74 Å². The van der Waals surface area contributed by atoms with Crippen LogP contribution in [0.25, 0.3) is 0 Å². The lowest BCUT2D eigenvalue weighted by Gasteiger charge is -2.29. The Bertz CT molecular complexity index is 859. The van der Waals surface area contributed by atoms with Crippen LogP contribution in [0.5, 0.6) is 5.75 Å². The molecule has 2 aliphatic rings. The minimum absolute atomic E-state index is 0.00496. The minimum atomic E-state index is -0.0761. The Balaban J connectivity index is 1.44. The van der Waals surface area contributed by atoms with E-state index >= 15 is 0 Å². The highest BCUT2D eigenvalue weighted by Gasteiger charge is 2.27. The van der Waals surface area contributed by atoms with E-state index in [-0.39, 0.29) is 17.8 Å². The summed E-state index contributed by atoms with van der Waals surface area (Å²) in [4.78, 5) is 12.2. The van der Waals surface area contributed by atoms with Crippen molar-refractivity contribution < 1.29 is 9.53 Å². The van der Waals surface area contributed by atoms with Crippen LogP contribution in [0.4, 0.5) is 0 Å². The Morgan fingerprint density at radius 3 is 2.33 bits per heavy atom. The molecule has 0 N–H and O–H groups in total. The quantitative estimate of drug-likeness (QED) is 0.370. The predicted octanol–water partition coefficient (Wildman–Crippen LogP) is 7.40. The molecule has 2 nitrogen and oxygen atoms in total. The van der Waals surface area contributed by atoms with Crippen molar-refractivity contribution in [1.82, 2.24) is 0 Å². The number of benzene rings is 2. The van der Waals surface area contributed by atoms with Crippen molar-refractivity contribution in [2.45, 2.75) is 84.0 Å². The summed E-state index contributed by atoms with van der Waals surface area (Å²) in [6.07, 6.45) is 9.83. The lowest BCUT2D eigenvalue weighted by atomic mass is 9.77. The summed E-state index contributed by atoms with van der Waals surface area (Å²) in [5.74, 6) is 2.66. The smallest absolute Gasteiger partial charge is 0.314 e. The molecule has 2 aromatic carbocycles. The number of rotatable bonds is 6. The number of carbonyl (C=O) groups excluding carboxylic acids is 1. The van der Waals surface area contributed by atoms with E-state index in [1.165, 1.54) is 55.2 Å². The van der Waals surface area contributed by atoms with Gasteiger partial charge in [-0.2, -0.15) is 0 Å². The van der Waals surface area contributed by atoms with Gasteiger partial charge in [0.1, 0.15) is 5.75 Å². The molecule has 0 saturated heterocycles. The lowest BCUT2D eigenvalue weighted by molar-refractivity contribution is -0.140. The summed E-state index contributed by atoms with van der Waals surface area (Å²) in [6, 6.07) is 15.7. The second kappa shape index (κ2) is 9.37. The Morgan fingerprint density at radius 1 is 0.967 bits per heavy atom. The number of hydrogen-bond donors (Lipinski definition) is 0. The highest BCUT2D eigenvalue weighted by atomic mass is 16.5. The van der Waals surface area contributed by atoms with E-state index in [1.807, 2.05) is 6.92 Å². The van der Waals surface area contributed by atoms with Crippen LogP contribution in [-0.2, 0) is 11.2 Å². The zero-order valence-corrected chi connectivity index (χ0v) is 18.8. The summed E-state index contributed by atoms with van der Waals surface area (Å²) in [5.41, 5.74) is 5.20. The molecule has 1 fully saturated rings. The van der Waals surface area contributed by atoms with Crippen molar-refractivity contribution in [2.75, 3.05) is 0 Å². The third kappa shape index (κ3) is 4.48. The average molecular weight is 405 g/mol. The van der Waals surface area contributed by atoms with Gasteiger partial charge in [0.2, 0.25) is 0 Å². The molecule has 30 heavy (non-hydrogen) atoms. The van der Waals surface area contributed by atoms with Crippen molar-refractivity contribution in [1.29, 1.82) is 0 Å². The number of carbonyl (C=O) groups is 1. The molecule has 160 valence electrons. The fraction of sp³-hybridized carbons (Fsp3) is 0.536. The van der Waals surface area contributed by atoms with Gasteiger partial charge in [-0.3, -0.25) is 4.79 Å². The Hall–Kier alpha value is -2.09. The molecule has 0 amide bonds. The Kier molecular flexibility index (Phi) is 6.61. The van der Waals surface area contributed by atoms with Gasteiger partial charge in [-0.1, -0.05) is 70.0 Å². The van der Waals surface area contributed by atoms with Gasteiger partial charge < -0.3 is 4.74 Å². The zero-order chi connectivity index (χ0) is 21.1. The molecule has 4 rings (SSSR count). The van der Waals surface area contributed by atoms with Crippen molar-refractivity contribution >= 4 is 5.97 Å². The molecule has 2 unspecified atom stereocenters. The monoisotopic (exact) mass is 404 g/mol. The normalized spacial score (nSPS) is 24.8. The maximum absolute atomic E-state index is 12.2. The number of fused-ring (bicyclic) bond motifs is 1. The molecular weight excluding hydrogens is 368 g/mol. The van der Waals surface area contributed by atoms with E-state index in [4.69, 9.17) is 4.74 Å². The Labute approximate surface area is 182 Å². The highest BCUT2D eigenvalue weighted by Crippen LogP contribution is 2.38. The molecule has 0 radical (unpaired) electrons. The molecule has 0 spiro atoms. The van der Waals surface area contributed by atoms with E-state index in [9.17, 15) is 4.79 Å². The third-order valence-electron chi connectivity index (χ3n) is 7.55. The molecule has 1 saturated carbocycles. The first kappa shape index (κ1) is 21.2. The molecule has 1 heterocycles. The summed E-state index contributed by atoms with van der Waals surface area (Å²) in [7, 11) is 0. The molecule has 1 aliphatic heterocycles. The first-order valence-electron chi connectivity index (χ1n) is 12.0. The lowest BCUT2D eigenvalue weighted by Crippen LogP contribution is -2.27. The third-order valence-corrected chi connectivity index (χ3v) is 7.55. The minimum Gasteiger partial charge on any atom is -0.426 e.